The van der Waals surface area contributed by atoms with Crippen molar-refractivity contribution in [1.82, 2.24) is 0 Å². The predicted molar refractivity (Wildman–Crippen MR) is 68.4 cm³/mol. The number of aryl methyl sites for hydroxylation is 1. The van der Waals surface area contributed by atoms with Gasteiger partial charge in [-0.3, -0.25) is 0 Å². The van der Waals surface area contributed by atoms with Gasteiger partial charge in [0.05, 0.1) is 5.69 Å². The Morgan fingerprint density at radius 2 is 2.11 bits per heavy atom. The molecule has 0 saturated carbocycles. The fourth-order valence-electron chi connectivity index (χ4n) is 2.09. The molecular formula is C13H13ClF3NO. The lowest BCUT2D eigenvalue weighted by molar-refractivity contribution is -0.274. The molecule has 0 atom stereocenters. The van der Waals surface area contributed by atoms with E-state index in [2.05, 4.69) is 4.74 Å². The Labute approximate surface area is 114 Å². The van der Waals surface area contributed by atoms with Crippen LogP contribution in [0, 0.1) is 0 Å². The first-order valence-electron chi connectivity index (χ1n) is 5.91. The SMILES string of the molecule is CCc1cccc(OC(F)(F)F)c1N1C=C(Cl)CC1. The molecule has 0 amide bonds. The summed E-state index contributed by atoms with van der Waals surface area (Å²) >= 11 is 5.89. The van der Waals surface area contributed by atoms with Crippen molar-refractivity contribution in [3.8, 4) is 5.75 Å². The van der Waals surface area contributed by atoms with Crippen molar-refractivity contribution >= 4 is 17.3 Å². The Morgan fingerprint density at radius 3 is 2.63 bits per heavy atom. The Bertz CT molecular complexity index is 499. The lowest BCUT2D eigenvalue weighted by Gasteiger charge is -2.23. The van der Waals surface area contributed by atoms with Gasteiger partial charge in [-0.2, -0.15) is 0 Å². The third-order valence-electron chi connectivity index (χ3n) is 2.86. The van der Waals surface area contributed by atoms with Crippen LogP contribution < -0.4 is 9.64 Å². The molecule has 6 heteroatoms. The van der Waals surface area contributed by atoms with Crippen molar-refractivity contribution in [2.24, 2.45) is 0 Å². The summed E-state index contributed by atoms with van der Waals surface area (Å²) in [5.74, 6) is -0.186. The average Bonchev–Trinajstić information content (AvgIpc) is 2.73. The minimum absolute atomic E-state index is 0.186. The predicted octanol–water partition coefficient (Wildman–Crippen LogP) is 4.44. The summed E-state index contributed by atoms with van der Waals surface area (Å²) in [6.45, 7) is 2.45. The van der Waals surface area contributed by atoms with Crippen LogP contribution in [-0.2, 0) is 6.42 Å². The van der Waals surface area contributed by atoms with Crippen LogP contribution in [0.3, 0.4) is 0 Å². The second kappa shape index (κ2) is 5.33. The maximum atomic E-state index is 12.4. The first-order valence-corrected chi connectivity index (χ1v) is 6.29. The molecule has 1 aromatic carbocycles. The van der Waals surface area contributed by atoms with Gasteiger partial charge in [-0.1, -0.05) is 30.7 Å². The fourth-order valence-corrected chi connectivity index (χ4v) is 2.29. The highest BCUT2D eigenvalue weighted by molar-refractivity contribution is 6.30. The summed E-state index contributed by atoms with van der Waals surface area (Å²) in [6.07, 6.45) is -1.80. The summed E-state index contributed by atoms with van der Waals surface area (Å²) < 4.78 is 41.4. The van der Waals surface area contributed by atoms with E-state index in [4.69, 9.17) is 11.6 Å². The van der Waals surface area contributed by atoms with Crippen LogP contribution in [0.2, 0.25) is 0 Å². The molecule has 0 N–H and O–H groups in total. The van der Waals surface area contributed by atoms with E-state index in [9.17, 15) is 13.2 Å². The molecule has 1 aliphatic heterocycles. The third-order valence-corrected chi connectivity index (χ3v) is 3.15. The van der Waals surface area contributed by atoms with Crippen molar-refractivity contribution in [1.29, 1.82) is 0 Å². The molecule has 0 unspecified atom stereocenters. The van der Waals surface area contributed by atoms with Gasteiger partial charge in [0.1, 0.15) is 0 Å². The molecular weight excluding hydrogens is 279 g/mol. The number of ether oxygens (including phenoxy) is 1. The molecule has 1 aromatic rings. The van der Waals surface area contributed by atoms with Gasteiger partial charge < -0.3 is 9.64 Å². The Kier molecular flexibility index (Phi) is 3.94. The molecule has 0 aromatic heterocycles. The van der Waals surface area contributed by atoms with Gasteiger partial charge in [0.2, 0.25) is 0 Å². The number of alkyl halides is 3. The van der Waals surface area contributed by atoms with Gasteiger partial charge >= 0.3 is 6.36 Å². The number of rotatable bonds is 3. The van der Waals surface area contributed by atoms with E-state index in [1.54, 1.807) is 23.2 Å². The number of benzene rings is 1. The van der Waals surface area contributed by atoms with Crippen molar-refractivity contribution in [3.63, 3.8) is 0 Å². The summed E-state index contributed by atoms with van der Waals surface area (Å²) in [5.41, 5.74) is 1.24. The van der Waals surface area contributed by atoms with Crippen LogP contribution in [0.15, 0.2) is 29.4 Å². The smallest absolute Gasteiger partial charge is 0.404 e. The van der Waals surface area contributed by atoms with Crippen molar-refractivity contribution in [2.75, 3.05) is 11.4 Å². The Morgan fingerprint density at radius 1 is 1.37 bits per heavy atom. The lowest BCUT2D eigenvalue weighted by atomic mass is 10.1. The van der Waals surface area contributed by atoms with Crippen molar-refractivity contribution < 1.29 is 17.9 Å². The van der Waals surface area contributed by atoms with E-state index in [1.165, 1.54) is 6.07 Å². The molecule has 0 bridgehead atoms. The molecule has 0 radical (unpaired) electrons. The Hall–Kier alpha value is -1.36. The largest absolute Gasteiger partial charge is 0.573 e. The fraction of sp³-hybridized carbons (Fsp3) is 0.385. The molecule has 104 valence electrons. The molecule has 19 heavy (non-hydrogen) atoms. The number of nitrogens with zero attached hydrogens (tertiary/aromatic N) is 1. The van der Waals surface area contributed by atoms with E-state index in [-0.39, 0.29) is 5.75 Å². The second-order valence-electron chi connectivity index (χ2n) is 4.18. The number of hydrogen-bond donors (Lipinski definition) is 0. The highest BCUT2D eigenvalue weighted by atomic mass is 35.5. The molecule has 0 aliphatic carbocycles. The minimum atomic E-state index is -4.70. The van der Waals surface area contributed by atoms with Gasteiger partial charge in [0, 0.05) is 24.2 Å². The van der Waals surface area contributed by atoms with Crippen LogP contribution in [0.1, 0.15) is 18.9 Å². The maximum absolute atomic E-state index is 12.4. The highest BCUT2D eigenvalue weighted by Crippen LogP contribution is 2.38. The van der Waals surface area contributed by atoms with E-state index in [0.29, 0.717) is 30.1 Å². The van der Waals surface area contributed by atoms with Crippen LogP contribution >= 0.6 is 11.6 Å². The van der Waals surface area contributed by atoms with Crippen molar-refractivity contribution in [2.45, 2.75) is 26.1 Å². The summed E-state index contributed by atoms with van der Waals surface area (Å²) in [6, 6.07) is 4.67. The number of anilines is 1. The van der Waals surface area contributed by atoms with Crippen LogP contribution in [0.5, 0.6) is 5.75 Å². The van der Waals surface area contributed by atoms with Gasteiger partial charge in [-0.05, 0) is 18.1 Å². The van der Waals surface area contributed by atoms with E-state index in [0.717, 1.165) is 5.56 Å². The summed E-state index contributed by atoms with van der Waals surface area (Å²) in [4.78, 5) is 1.71. The lowest BCUT2D eigenvalue weighted by Crippen LogP contribution is -2.21. The molecule has 2 rings (SSSR count). The van der Waals surface area contributed by atoms with Crippen LogP contribution in [-0.4, -0.2) is 12.9 Å². The zero-order valence-corrected chi connectivity index (χ0v) is 11.1. The van der Waals surface area contributed by atoms with E-state index in [1.807, 2.05) is 6.92 Å². The Balaban J connectivity index is 2.43. The van der Waals surface area contributed by atoms with Gasteiger partial charge in [-0.25, -0.2) is 0 Å². The zero-order chi connectivity index (χ0) is 14.0. The van der Waals surface area contributed by atoms with Gasteiger partial charge in [-0.15, -0.1) is 13.2 Å². The first kappa shape index (κ1) is 14.1. The third kappa shape index (κ3) is 3.35. The normalized spacial score (nSPS) is 15.6. The topological polar surface area (TPSA) is 12.5 Å². The summed E-state index contributed by atoms with van der Waals surface area (Å²) in [7, 11) is 0. The molecule has 0 spiro atoms. The molecule has 0 saturated heterocycles. The standard InChI is InChI=1S/C13H13ClF3NO/c1-2-9-4-3-5-11(19-13(15,16)17)12(9)18-7-6-10(14)8-18/h3-5,8H,2,6-7H2,1H3. The number of hydrogen-bond acceptors (Lipinski definition) is 2. The van der Waals surface area contributed by atoms with Crippen molar-refractivity contribution in [3.05, 3.63) is 35.0 Å². The molecule has 1 aliphatic rings. The quantitative estimate of drug-likeness (QED) is 0.816. The van der Waals surface area contributed by atoms with E-state index >= 15 is 0 Å². The molecule has 2 nitrogen and oxygen atoms in total. The zero-order valence-electron chi connectivity index (χ0n) is 10.3. The molecule has 1 heterocycles. The van der Waals surface area contributed by atoms with E-state index < -0.39 is 6.36 Å². The van der Waals surface area contributed by atoms with Crippen LogP contribution in [0.4, 0.5) is 18.9 Å². The van der Waals surface area contributed by atoms with Crippen LogP contribution in [0.25, 0.3) is 0 Å². The molecule has 0 fully saturated rings. The maximum Gasteiger partial charge on any atom is 0.573 e. The first-order chi connectivity index (χ1) is 8.90. The average molecular weight is 292 g/mol. The highest BCUT2D eigenvalue weighted by Gasteiger charge is 2.33. The summed E-state index contributed by atoms with van der Waals surface area (Å²) in [5, 5.41) is 0.629. The monoisotopic (exact) mass is 291 g/mol. The van der Waals surface area contributed by atoms with Gasteiger partial charge in [0.25, 0.3) is 0 Å². The number of halogens is 4. The van der Waals surface area contributed by atoms with Gasteiger partial charge in [0.15, 0.2) is 5.75 Å². The second-order valence-corrected chi connectivity index (χ2v) is 4.67. The minimum Gasteiger partial charge on any atom is -0.404 e. The number of para-hydroxylation sites is 1.